The van der Waals surface area contributed by atoms with Crippen molar-refractivity contribution in [2.75, 3.05) is 6.61 Å². The topological polar surface area (TPSA) is 105 Å². The van der Waals surface area contributed by atoms with Crippen molar-refractivity contribution >= 4 is 5.97 Å². The van der Waals surface area contributed by atoms with Gasteiger partial charge in [-0.05, 0) is 69.0 Å². The number of para-hydroxylation sites is 2. The van der Waals surface area contributed by atoms with Crippen molar-refractivity contribution in [3.05, 3.63) is 104 Å². The number of benzene rings is 3. The highest BCUT2D eigenvalue weighted by molar-refractivity contribution is 5.90. The van der Waals surface area contributed by atoms with E-state index in [2.05, 4.69) is 42.0 Å². The third-order valence-electron chi connectivity index (χ3n) is 8.19. The van der Waals surface area contributed by atoms with E-state index >= 15 is 0 Å². The highest BCUT2D eigenvalue weighted by Crippen LogP contribution is 2.32. The van der Waals surface area contributed by atoms with Gasteiger partial charge < -0.3 is 14.9 Å². The number of nitrogens with zero attached hydrogens (tertiary/aromatic N) is 3. The van der Waals surface area contributed by atoms with Crippen LogP contribution in [0.15, 0.2) is 98.1 Å². The van der Waals surface area contributed by atoms with Crippen molar-refractivity contribution < 1.29 is 19.7 Å². The molecule has 0 saturated carbocycles. The first-order valence-corrected chi connectivity index (χ1v) is 18.6. The number of aromatic hydroxyl groups is 2. The smallest absolute Gasteiger partial charge is 0.338 e. The summed E-state index contributed by atoms with van der Waals surface area (Å²) >= 11 is 0. The van der Waals surface area contributed by atoms with Crippen molar-refractivity contribution in [3.63, 3.8) is 0 Å². The molecular weight excluding hydrogens is 635 g/mol. The van der Waals surface area contributed by atoms with Gasteiger partial charge in [-0.1, -0.05) is 127 Å². The van der Waals surface area contributed by atoms with Gasteiger partial charge in [0.2, 0.25) is 0 Å². The second-order valence-electron chi connectivity index (χ2n) is 12.6. The van der Waals surface area contributed by atoms with Crippen LogP contribution in [0.25, 0.3) is 34.2 Å². The number of allylic oxidation sites excluding steroid dienone is 2. The standard InChI is InChI=1S/C38H47N3O4.2C3H6/c1-3-5-7-9-10-12-18-28(17-11-8-6-4-2)27-45-38(44)30-25-23-29(24-26-30)35-39-36(31-19-13-15-21-33(31)42)41-37(40-35)32-20-14-16-22-34(32)43;2*1-3-2/h13-16,19-26,28,42-43H,3-12,17-18,27H2,1-2H3;2*3H,1H2,2H3. The van der Waals surface area contributed by atoms with Gasteiger partial charge >= 0.3 is 5.97 Å². The van der Waals surface area contributed by atoms with E-state index in [9.17, 15) is 15.0 Å². The summed E-state index contributed by atoms with van der Waals surface area (Å²) in [5, 5.41) is 21.0. The van der Waals surface area contributed by atoms with E-state index in [0.29, 0.717) is 40.6 Å². The summed E-state index contributed by atoms with van der Waals surface area (Å²) < 4.78 is 5.83. The molecule has 0 aliphatic heterocycles. The van der Waals surface area contributed by atoms with Crippen LogP contribution in [0.4, 0.5) is 0 Å². The Morgan fingerprint density at radius 1 is 0.647 bits per heavy atom. The summed E-state index contributed by atoms with van der Waals surface area (Å²) in [6.07, 6.45) is 18.1. The third kappa shape index (κ3) is 15.3. The average molecular weight is 694 g/mol. The second kappa shape index (κ2) is 25.2. The number of rotatable bonds is 18. The number of carbonyl (C=O) groups is 1. The Hall–Kier alpha value is -4.78. The molecule has 7 nitrogen and oxygen atoms in total. The summed E-state index contributed by atoms with van der Waals surface area (Å²) in [5.74, 6) is 1.04. The second-order valence-corrected chi connectivity index (χ2v) is 12.6. The quantitative estimate of drug-likeness (QED) is 0.0607. The molecule has 4 rings (SSSR count). The average Bonchev–Trinajstić information content (AvgIpc) is 3.14. The zero-order valence-electron chi connectivity index (χ0n) is 31.3. The van der Waals surface area contributed by atoms with E-state index < -0.39 is 0 Å². The largest absolute Gasteiger partial charge is 0.507 e. The van der Waals surface area contributed by atoms with E-state index in [4.69, 9.17) is 4.74 Å². The number of hydrogen-bond acceptors (Lipinski definition) is 7. The van der Waals surface area contributed by atoms with Crippen LogP contribution >= 0.6 is 0 Å². The van der Waals surface area contributed by atoms with Gasteiger partial charge in [0.25, 0.3) is 0 Å². The lowest BCUT2D eigenvalue weighted by Gasteiger charge is -2.17. The van der Waals surface area contributed by atoms with Crippen molar-refractivity contribution in [2.24, 2.45) is 5.92 Å². The fraction of sp³-hybridized carbons (Fsp3) is 0.409. The number of unbranched alkanes of at least 4 members (excludes halogenated alkanes) is 8. The summed E-state index contributed by atoms with van der Waals surface area (Å²) in [7, 11) is 0. The zero-order valence-corrected chi connectivity index (χ0v) is 31.3. The van der Waals surface area contributed by atoms with Gasteiger partial charge in [0.05, 0.1) is 23.3 Å². The van der Waals surface area contributed by atoms with Crippen molar-refractivity contribution in [1.29, 1.82) is 0 Å². The maximum absolute atomic E-state index is 13.1. The molecule has 0 aliphatic rings. The number of ether oxygens (including phenoxy) is 1. The Kier molecular flexibility index (Phi) is 21.0. The van der Waals surface area contributed by atoms with Gasteiger partial charge in [-0.2, -0.15) is 0 Å². The minimum Gasteiger partial charge on any atom is -0.507 e. The molecule has 0 fully saturated rings. The summed E-state index contributed by atoms with van der Waals surface area (Å²) in [4.78, 5) is 26.9. The molecule has 1 heterocycles. The minimum atomic E-state index is -0.330. The monoisotopic (exact) mass is 693 g/mol. The Morgan fingerprint density at radius 2 is 1.06 bits per heavy atom. The summed E-state index contributed by atoms with van der Waals surface area (Å²) in [6, 6.07) is 20.7. The lowest BCUT2D eigenvalue weighted by Crippen LogP contribution is -2.15. The molecule has 1 atom stereocenters. The molecular formula is C44H59N3O4. The van der Waals surface area contributed by atoms with Crippen LogP contribution in [0.2, 0.25) is 0 Å². The summed E-state index contributed by atoms with van der Waals surface area (Å²) in [6.45, 7) is 15.4. The van der Waals surface area contributed by atoms with Crippen LogP contribution in [0, 0.1) is 5.92 Å². The van der Waals surface area contributed by atoms with Crippen LogP contribution in [-0.2, 0) is 4.74 Å². The Balaban J connectivity index is 0.00000140. The van der Waals surface area contributed by atoms with Crippen LogP contribution in [0.1, 0.15) is 115 Å². The molecule has 4 aromatic rings. The molecule has 0 amide bonds. The first kappa shape index (κ1) is 42.4. The predicted octanol–water partition coefficient (Wildman–Crippen LogP) is 12.2. The molecule has 51 heavy (non-hydrogen) atoms. The van der Waals surface area contributed by atoms with Gasteiger partial charge in [0.15, 0.2) is 17.5 Å². The minimum absolute atomic E-state index is 0.0381. The third-order valence-corrected chi connectivity index (χ3v) is 8.19. The van der Waals surface area contributed by atoms with E-state index in [1.807, 2.05) is 13.8 Å². The lowest BCUT2D eigenvalue weighted by molar-refractivity contribution is 0.0422. The molecule has 3 aromatic carbocycles. The van der Waals surface area contributed by atoms with Crippen molar-refractivity contribution in [2.45, 2.75) is 105 Å². The van der Waals surface area contributed by atoms with Crippen LogP contribution in [-0.4, -0.2) is 37.7 Å². The maximum Gasteiger partial charge on any atom is 0.338 e. The number of aromatic nitrogens is 3. The molecule has 1 unspecified atom stereocenters. The van der Waals surface area contributed by atoms with Gasteiger partial charge in [0.1, 0.15) is 11.5 Å². The van der Waals surface area contributed by atoms with Crippen LogP contribution in [0.3, 0.4) is 0 Å². The molecule has 2 N–H and O–H groups in total. The highest BCUT2D eigenvalue weighted by Gasteiger charge is 2.18. The molecule has 0 aliphatic carbocycles. The zero-order chi connectivity index (χ0) is 37.3. The van der Waals surface area contributed by atoms with Crippen LogP contribution < -0.4 is 0 Å². The number of hydrogen-bond donors (Lipinski definition) is 2. The molecule has 0 radical (unpaired) electrons. The first-order chi connectivity index (χ1) is 24.8. The van der Waals surface area contributed by atoms with Gasteiger partial charge in [-0.3, -0.25) is 0 Å². The number of carbonyl (C=O) groups excluding carboxylic acids is 1. The SMILES string of the molecule is C=CC.C=CC.CCCCCCCCC(CCCCCC)COC(=O)c1ccc(-c2nc(-c3ccccc3O)nc(-c3ccccc3O)n2)cc1. The number of phenols is 2. The van der Waals surface area contributed by atoms with E-state index in [0.717, 1.165) is 12.8 Å². The Bertz CT molecular complexity index is 1520. The van der Waals surface area contributed by atoms with E-state index in [-0.39, 0.29) is 29.1 Å². The van der Waals surface area contributed by atoms with Gasteiger partial charge in [0, 0.05) is 5.56 Å². The fourth-order valence-corrected chi connectivity index (χ4v) is 5.49. The molecule has 0 saturated heterocycles. The Morgan fingerprint density at radius 3 is 1.53 bits per heavy atom. The maximum atomic E-state index is 13.1. The first-order valence-electron chi connectivity index (χ1n) is 18.6. The molecule has 7 heteroatoms. The van der Waals surface area contributed by atoms with Crippen molar-refractivity contribution in [3.8, 4) is 45.7 Å². The Labute approximate surface area is 306 Å². The predicted molar refractivity (Wildman–Crippen MR) is 212 cm³/mol. The van der Waals surface area contributed by atoms with E-state index in [1.54, 1.807) is 84.9 Å². The molecule has 1 aromatic heterocycles. The van der Waals surface area contributed by atoms with Crippen molar-refractivity contribution in [1.82, 2.24) is 15.0 Å². The normalized spacial score (nSPS) is 10.9. The van der Waals surface area contributed by atoms with Gasteiger partial charge in [-0.15, -0.1) is 13.2 Å². The number of esters is 1. The molecule has 274 valence electrons. The van der Waals surface area contributed by atoms with Gasteiger partial charge in [-0.25, -0.2) is 19.7 Å². The van der Waals surface area contributed by atoms with E-state index in [1.165, 1.54) is 64.2 Å². The van der Waals surface area contributed by atoms with Crippen LogP contribution in [0.5, 0.6) is 11.5 Å². The molecule has 0 spiro atoms. The summed E-state index contributed by atoms with van der Waals surface area (Å²) in [5.41, 5.74) is 2.03. The number of phenolic OH excluding ortho intramolecular Hbond substituents is 2. The molecule has 0 bridgehead atoms. The lowest BCUT2D eigenvalue weighted by atomic mass is 9.95. The highest BCUT2D eigenvalue weighted by atomic mass is 16.5. The fourth-order valence-electron chi connectivity index (χ4n) is 5.49.